The highest BCUT2D eigenvalue weighted by molar-refractivity contribution is 7.89. The molecule has 1 aliphatic rings. The fourth-order valence-corrected chi connectivity index (χ4v) is 4.39. The van der Waals surface area contributed by atoms with Gasteiger partial charge in [0.15, 0.2) is 0 Å². The summed E-state index contributed by atoms with van der Waals surface area (Å²) < 4.78 is 28.8. The monoisotopic (exact) mass is 335 g/mol. The van der Waals surface area contributed by atoms with Gasteiger partial charge in [0, 0.05) is 43.7 Å². The fourth-order valence-electron chi connectivity index (χ4n) is 2.88. The topological polar surface area (TPSA) is 85.4 Å². The van der Waals surface area contributed by atoms with Crippen molar-refractivity contribution >= 4 is 15.7 Å². The van der Waals surface area contributed by atoms with Gasteiger partial charge >= 0.3 is 0 Å². The van der Waals surface area contributed by atoms with Gasteiger partial charge in [0.1, 0.15) is 0 Å². The number of rotatable bonds is 4. The molecule has 0 aliphatic carbocycles. The van der Waals surface area contributed by atoms with E-state index < -0.39 is 14.9 Å². The van der Waals surface area contributed by atoms with E-state index in [1.807, 2.05) is 24.5 Å². The SMILES string of the molecule is O=[N+]([O-])c1cccc(S(=O)(=O)N2CCC(n3cccc3)CC2)c1. The first kappa shape index (κ1) is 15.7. The smallest absolute Gasteiger partial charge is 0.270 e. The molecular formula is C15H17N3O4S. The molecule has 1 fully saturated rings. The zero-order valence-corrected chi connectivity index (χ0v) is 13.2. The van der Waals surface area contributed by atoms with Crippen LogP contribution in [-0.4, -0.2) is 35.3 Å². The highest BCUT2D eigenvalue weighted by Crippen LogP contribution is 2.28. The van der Waals surface area contributed by atoms with Crippen LogP contribution < -0.4 is 0 Å². The molecule has 0 atom stereocenters. The number of aromatic nitrogens is 1. The summed E-state index contributed by atoms with van der Waals surface area (Å²) in [4.78, 5) is 10.2. The van der Waals surface area contributed by atoms with E-state index in [0.717, 1.165) is 18.9 Å². The molecule has 0 spiro atoms. The molecule has 7 nitrogen and oxygen atoms in total. The van der Waals surface area contributed by atoms with Gasteiger partial charge in [-0.2, -0.15) is 4.31 Å². The van der Waals surface area contributed by atoms with Gasteiger partial charge in [0.25, 0.3) is 5.69 Å². The Morgan fingerprint density at radius 1 is 1.09 bits per heavy atom. The molecule has 0 saturated carbocycles. The summed E-state index contributed by atoms with van der Waals surface area (Å²) in [6, 6.07) is 9.41. The van der Waals surface area contributed by atoms with Gasteiger partial charge in [-0.25, -0.2) is 8.42 Å². The second-order valence-corrected chi connectivity index (χ2v) is 7.46. The number of nitrogens with zero attached hydrogens (tertiary/aromatic N) is 3. The fraction of sp³-hybridized carbons (Fsp3) is 0.333. The molecule has 0 N–H and O–H groups in total. The van der Waals surface area contributed by atoms with Crippen molar-refractivity contribution in [2.75, 3.05) is 13.1 Å². The highest BCUT2D eigenvalue weighted by atomic mass is 32.2. The average molecular weight is 335 g/mol. The van der Waals surface area contributed by atoms with E-state index >= 15 is 0 Å². The minimum Gasteiger partial charge on any atom is -0.351 e. The number of piperidine rings is 1. The van der Waals surface area contributed by atoms with Gasteiger partial charge in [-0.1, -0.05) is 6.07 Å². The lowest BCUT2D eigenvalue weighted by Crippen LogP contribution is -2.38. The highest BCUT2D eigenvalue weighted by Gasteiger charge is 2.30. The quantitative estimate of drug-likeness (QED) is 0.634. The molecule has 1 aliphatic heterocycles. The van der Waals surface area contributed by atoms with Gasteiger partial charge in [0.05, 0.1) is 9.82 Å². The van der Waals surface area contributed by atoms with E-state index in [0.29, 0.717) is 19.1 Å². The molecule has 1 aromatic carbocycles. The number of hydrogen-bond acceptors (Lipinski definition) is 4. The maximum Gasteiger partial charge on any atom is 0.270 e. The molecule has 1 aromatic heterocycles. The van der Waals surface area contributed by atoms with Crippen LogP contribution in [0.25, 0.3) is 0 Å². The van der Waals surface area contributed by atoms with Crippen LogP contribution in [0.5, 0.6) is 0 Å². The Bertz CT molecular complexity index is 794. The number of nitro benzene ring substituents is 1. The summed E-state index contributed by atoms with van der Waals surface area (Å²) in [5.41, 5.74) is -0.215. The third-order valence-corrected chi connectivity index (χ3v) is 6.03. The summed E-state index contributed by atoms with van der Waals surface area (Å²) in [5.74, 6) is 0. The zero-order valence-electron chi connectivity index (χ0n) is 12.4. The van der Waals surface area contributed by atoms with Crippen molar-refractivity contribution in [2.24, 2.45) is 0 Å². The first-order valence-corrected chi connectivity index (χ1v) is 8.79. The lowest BCUT2D eigenvalue weighted by Gasteiger charge is -2.32. The van der Waals surface area contributed by atoms with Crippen LogP contribution >= 0.6 is 0 Å². The normalized spacial score (nSPS) is 17.2. The van der Waals surface area contributed by atoms with E-state index in [4.69, 9.17) is 0 Å². The van der Waals surface area contributed by atoms with Gasteiger partial charge in [-0.15, -0.1) is 0 Å². The summed E-state index contributed by atoms with van der Waals surface area (Å²) in [7, 11) is -3.69. The second-order valence-electron chi connectivity index (χ2n) is 5.52. The van der Waals surface area contributed by atoms with Crippen LogP contribution in [0.15, 0.2) is 53.7 Å². The number of sulfonamides is 1. The first-order chi connectivity index (χ1) is 11.0. The van der Waals surface area contributed by atoms with Crippen molar-refractivity contribution in [3.05, 3.63) is 58.9 Å². The standard InChI is InChI=1S/C15H17N3O4S/c19-18(20)14-4-3-5-15(12-14)23(21,22)17-10-6-13(7-11-17)16-8-1-2-9-16/h1-5,8-9,12-13H,6-7,10-11H2. The van der Waals surface area contributed by atoms with Gasteiger partial charge in [0.2, 0.25) is 10.0 Å². The van der Waals surface area contributed by atoms with Crippen LogP contribution in [0.2, 0.25) is 0 Å². The minimum atomic E-state index is -3.69. The Hall–Kier alpha value is -2.19. The van der Waals surface area contributed by atoms with Crippen molar-refractivity contribution in [2.45, 2.75) is 23.8 Å². The molecule has 8 heteroatoms. The predicted octanol–water partition coefficient (Wildman–Crippen LogP) is 2.42. The van der Waals surface area contributed by atoms with Crippen molar-refractivity contribution in [3.63, 3.8) is 0 Å². The summed E-state index contributed by atoms with van der Waals surface area (Å²) in [6.07, 6.45) is 5.41. The summed E-state index contributed by atoms with van der Waals surface area (Å²) in [6.45, 7) is 0.821. The molecule has 1 saturated heterocycles. The molecule has 2 aromatic rings. The Labute approximate surface area is 134 Å². The maximum atomic E-state index is 12.7. The maximum absolute atomic E-state index is 12.7. The molecule has 2 heterocycles. The van der Waals surface area contributed by atoms with Crippen LogP contribution in [-0.2, 0) is 10.0 Å². The predicted molar refractivity (Wildman–Crippen MR) is 84.6 cm³/mol. The molecule has 0 radical (unpaired) electrons. The van der Waals surface area contributed by atoms with Crippen LogP contribution in [0.1, 0.15) is 18.9 Å². The van der Waals surface area contributed by atoms with Crippen LogP contribution in [0.3, 0.4) is 0 Å². The number of non-ortho nitro benzene ring substituents is 1. The second kappa shape index (κ2) is 6.13. The Morgan fingerprint density at radius 3 is 2.35 bits per heavy atom. The summed E-state index contributed by atoms with van der Waals surface area (Å²) >= 11 is 0. The van der Waals surface area contributed by atoms with Gasteiger partial charge in [-0.05, 0) is 31.0 Å². The molecular weight excluding hydrogens is 318 g/mol. The van der Waals surface area contributed by atoms with E-state index in [-0.39, 0.29) is 10.6 Å². The molecule has 0 amide bonds. The number of nitro groups is 1. The summed E-state index contributed by atoms with van der Waals surface area (Å²) in [5, 5.41) is 10.8. The molecule has 122 valence electrons. The van der Waals surface area contributed by atoms with Crippen molar-refractivity contribution in [1.82, 2.24) is 8.87 Å². The number of hydrogen-bond donors (Lipinski definition) is 0. The molecule has 0 unspecified atom stereocenters. The minimum absolute atomic E-state index is 0.0221. The van der Waals surface area contributed by atoms with Crippen molar-refractivity contribution in [3.8, 4) is 0 Å². The van der Waals surface area contributed by atoms with E-state index in [1.54, 1.807) is 0 Å². The molecule has 0 bridgehead atoms. The molecule has 23 heavy (non-hydrogen) atoms. The Balaban J connectivity index is 1.76. The van der Waals surface area contributed by atoms with E-state index in [2.05, 4.69) is 4.57 Å². The first-order valence-electron chi connectivity index (χ1n) is 7.35. The largest absolute Gasteiger partial charge is 0.351 e. The van der Waals surface area contributed by atoms with E-state index in [1.165, 1.54) is 22.5 Å². The lowest BCUT2D eigenvalue weighted by atomic mass is 10.1. The van der Waals surface area contributed by atoms with Crippen molar-refractivity contribution < 1.29 is 13.3 Å². The van der Waals surface area contributed by atoms with Gasteiger partial charge < -0.3 is 4.57 Å². The van der Waals surface area contributed by atoms with Crippen LogP contribution in [0, 0.1) is 10.1 Å². The third-order valence-electron chi connectivity index (χ3n) is 4.14. The van der Waals surface area contributed by atoms with Crippen LogP contribution in [0.4, 0.5) is 5.69 Å². The third kappa shape index (κ3) is 3.13. The lowest BCUT2D eigenvalue weighted by molar-refractivity contribution is -0.385. The Morgan fingerprint density at radius 2 is 1.74 bits per heavy atom. The van der Waals surface area contributed by atoms with E-state index in [9.17, 15) is 18.5 Å². The molecule has 3 rings (SSSR count). The zero-order chi connectivity index (χ0) is 16.4. The van der Waals surface area contributed by atoms with Crippen molar-refractivity contribution in [1.29, 1.82) is 0 Å². The number of benzene rings is 1. The van der Waals surface area contributed by atoms with Gasteiger partial charge in [-0.3, -0.25) is 10.1 Å². The Kier molecular flexibility index (Phi) is 4.18. The average Bonchev–Trinajstić information content (AvgIpc) is 3.09.